The van der Waals surface area contributed by atoms with Crippen LogP contribution in [0.2, 0.25) is 0 Å². The summed E-state index contributed by atoms with van der Waals surface area (Å²) in [6.07, 6.45) is 10.7. The summed E-state index contributed by atoms with van der Waals surface area (Å²) in [7, 11) is 0. The fourth-order valence-corrected chi connectivity index (χ4v) is 3.16. The van der Waals surface area contributed by atoms with Crippen molar-refractivity contribution in [3.63, 3.8) is 0 Å². The third-order valence-corrected chi connectivity index (χ3v) is 4.43. The number of hydrogen-bond donors (Lipinski definition) is 1. The number of hydrogen-bond acceptors (Lipinski definition) is 2. The quantitative estimate of drug-likeness (QED) is 0.767. The summed E-state index contributed by atoms with van der Waals surface area (Å²) in [6, 6.07) is 0.481. The van der Waals surface area contributed by atoms with Crippen LogP contribution in [0.15, 0.2) is 12.2 Å². The fraction of sp³-hybridized carbons (Fsp3) is 0.786. The largest absolute Gasteiger partial charge is 0.481 e. The third-order valence-electron chi connectivity index (χ3n) is 4.43. The van der Waals surface area contributed by atoms with Crippen molar-refractivity contribution >= 4 is 5.97 Å². The lowest BCUT2D eigenvalue weighted by molar-refractivity contribution is -0.153. The van der Waals surface area contributed by atoms with Gasteiger partial charge >= 0.3 is 5.97 Å². The minimum atomic E-state index is -0.607. The summed E-state index contributed by atoms with van der Waals surface area (Å²) in [5, 5.41) is 9.46. The summed E-state index contributed by atoms with van der Waals surface area (Å²) in [5.41, 5.74) is -0.496. The predicted molar refractivity (Wildman–Crippen MR) is 67.9 cm³/mol. The van der Waals surface area contributed by atoms with E-state index >= 15 is 0 Å². The van der Waals surface area contributed by atoms with E-state index in [1.807, 2.05) is 6.92 Å². The van der Waals surface area contributed by atoms with Gasteiger partial charge < -0.3 is 5.11 Å². The second-order valence-corrected chi connectivity index (χ2v) is 5.44. The van der Waals surface area contributed by atoms with E-state index < -0.39 is 11.4 Å². The Morgan fingerprint density at radius 3 is 2.94 bits per heavy atom. The molecule has 2 rings (SSSR count). The van der Waals surface area contributed by atoms with Gasteiger partial charge in [-0.05, 0) is 45.1 Å². The van der Waals surface area contributed by atoms with Crippen LogP contribution in [-0.4, -0.2) is 35.1 Å². The van der Waals surface area contributed by atoms with Crippen LogP contribution in [0.4, 0.5) is 0 Å². The van der Waals surface area contributed by atoms with E-state index in [2.05, 4.69) is 17.1 Å². The van der Waals surface area contributed by atoms with Gasteiger partial charge in [-0.2, -0.15) is 0 Å². The van der Waals surface area contributed by atoms with E-state index in [4.69, 9.17) is 0 Å². The first-order valence-corrected chi connectivity index (χ1v) is 6.82. The van der Waals surface area contributed by atoms with Gasteiger partial charge in [0.15, 0.2) is 0 Å². The zero-order valence-electron chi connectivity index (χ0n) is 10.7. The molecule has 1 N–H and O–H groups in total. The zero-order valence-corrected chi connectivity index (χ0v) is 10.7. The summed E-state index contributed by atoms with van der Waals surface area (Å²) in [4.78, 5) is 13.9. The van der Waals surface area contributed by atoms with Gasteiger partial charge in [0.05, 0.1) is 5.41 Å². The number of likely N-dealkylation sites (tertiary alicyclic amines) is 1. The first-order chi connectivity index (χ1) is 8.18. The Hall–Kier alpha value is -0.830. The molecule has 17 heavy (non-hydrogen) atoms. The fourth-order valence-electron chi connectivity index (χ4n) is 3.16. The Bertz CT molecular complexity index is 313. The number of piperidine rings is 1. The van der Waals surface area contributed by atoms with Gasteiger partial charge in [-0.1, -0.05) is 19.1 Å². The van der Waals surface area contributed by atoms with Crippen LogP contribution in [0.25, 0.3) is 0 Å². The minimum absolute atomic E-state index is 0.481. The number of allylic oxidation sites excluding steroid dienone is 1. The van der Waals surface area contributed by atoms with Gasteiger partial charge in [0, 0.05) is 12.6 Å². The van der Waals surface area contributed by atoms with Crippen molar-refractivity contribution in [3.05, 3.63) is 12.2 Å². The van der Waals surface area contributed by atoms with Gasteiger partial charge in [0.25, 0.3) is 0 Å². The molecule has 0 amide bonds. The Morgan fingerprint density at radius 2 is 2.35 bits per heavy atom. The summed E-state index contributed by atoms with van der Waals surface area (Å²) < 4.78 is 0. The molecule has 1 heterocycles. The van der Waals surface area contributed by atoms with Crippen molar-refractivity contribution in [2.45, 2.75) is 51.5 Å². The van der Waals surface area contributed by atoms with E-state index in [0.29, 0.717) is 6.04 Å². The van der Waals surface area contributed by atoms with Crippen molar-refractivity contribution in [2.75, 3.05) is 13.1 Å². The molecule has 0 spiro atoms. The van der Waals surface area contributed by atoms with E-state index in [-0.39, 0.29) is 0 Å². The number of nitrogens with zero attached hydrogens (tertiary/aromatic N) is 1. The molecule has 0 aromatic carbocycles. The van der Waals surface area contributed by atoms with E-state index in [1.165, 1.54) is 19.3 Å². The maximum atomic E-state index is 11.5. The van der Waals surface area contributed by atoms with Crippen LogP contribution in [0.5, 0.6) is 0 Å². The molecule has 2 unspecified atom stereocenters. The lowest BCUT2D eigenvalue weighted by atomic mass is 9.77. The predicted octanol–water partition coefficient (Wildman–Crippen LogP) is 2.67. The molecule has 1 aliphatic heterocycles. The van der Waals surface area contributed by atoms with Crippen LogP contribution in [0.1, 0.15) is 45.4 Å². The van der Waals surface area contributed by atoms with E-state index in [0.717, 1.165) is 32.4 Å². The normalized spacial score (nSPS) is 34.8. The Kier molecular flexibility index (Phi) is 3.87. The molecule has 2 aliphatic rings. The highest BCUT2D eigenvalue weighted by atomic mass is 16.4. The standard InChI is InChI=1S/C14H23NO2/c1-2-14(13(16)17)9-6-10-15(11-14)12-7-4-3-5-8-12/h4,7,12H,2-3,5-6,8-11H2,1H3,(H,16,17). The number of carboxylic acid groups (broad SMARTS) is 1. The van der Waals surface area contributed by atoms with Crippen molar-refractivity contribution in [1.82, 2.24) is 4.90 Å². The SMILES string of the molecule is CCC1(C(=O)O)CCCN(C2C=CCCC2)C1. The highest BCUT2D eigenvalue weighted by molar-refractivity contribution is 5.75. The van der Waals surface area contributed by atoms with Crippen molar-refractivity contribution in [2.24, 2.45) is 5.41 Å². The van der Waals surface area contributed by atoms with Gasteiger partial charge in [-0.25, -0.2) is 0 Å². The second-order valence-electron chi connectivity index (χ2n) is 5.44. The highest BCUT2D eigenvalue weighted by Gasteiger charge is 2.41. The van der Waals surface area contributed by atoms with Gasteiger partial charge in [-0.15, -0.1) is 0 Å². The van der Waals surface area contributed by atoms with Crippen LogP contribution in [0.3, 0.4) is 0 Å². The number of rotatable bonds is 3. The molecular weight excluding hydrogens is 214 g/mol. The molecule has 96 valence electrons. The number of carboxylic acids is 1. The summed E-state index contributed by atoms with van der Waals surface area (Å²) >= 11 is 0. The average Bonchev–Trinajstić information content (AvgIpc) is 2.39. The molecule has 3 heteroatoms. The number of aliphatic carboxylic acids is 1. The summed E-state index contributed by atoms with van der Waals surface area (Å²) in [6.45, 7) is 3.80. The molecule has 0 aromatic heterocycles. The van der Waals surface area contributed by atoms with Crippen LogP contribution in [0, 0.1) is 5.41 Å². The topological polar surface area (TPSA) is 40.5 Å². The van der Waals surface area contributed by atoms with Crippen LogP contribution >= 0.6 is 0 Å². The molecule has 0 aromatic rings. The molecule has 1 saturated heterocycles. The smallest absolute Gasteiger partial charge is 0.310 e. The lowest BCUT2D eigenvalue weighted by Gasteiger charge is -2.43. The Morgan fingerprint density at radius 1 is 1.53 bits per heavy atom. The molecule has 0 saturated carbocycles. The Labute approximate surface area is 103 Å². The monoisotopic (exact) mass is 237 g/mol. The molecule has 3 nitrogen and oxygen atoms in total. The molecule has 1 fully saturated rings. The van der Waals surface area contributed by atoms with E-state index in [9.17, 15) is 9.90 Å². The first kappa shape index (κ1) is 12.6. The Balaban J connectivity index is 2.07. The molecule has 0 bridgehead atoms. The number of carbonyl (C=O) groups is 1. The second kappa shape index (κ2) is 5.21. The zero-order chi connectivity index (χ0) is 12.3. The van der Waals surface area contributed by atoms with Gasteiger partial charge in [0.2, 0.25) is 0 Å². The maximum Gasteiger partial charge on any atom is 0.310 e. The maximum absolute atomic E-state index is 11.5. The van der Waals surface area contributed by atoms with Gasteiger partial charge in [0.1, 0.15) is 0 Å². The third kappa shape index (κ3) is 2.54. The van der Waals surface area contributed by atoms with Crippen LogP contribution < -0.4 is 0 Å². The minimum Gasteiger partial charge on any atom is -0.481 e. The van der Waals surface area contributed by atoms with E-state index in [1.54, 1.807) is 0 Å². The van der Waals surface area contributed by atoms with Crippen LogP contribution in [-0.2, 0) is 4.79 Å². The first-order valence-electron chi connectivity index (χ1n) is 6.82. The molecule has 1 aliphatic carbocycles. The van der Waals surface area contributed by atoms with Crippen molar-refractivity contribution < 1.29 is 9.90 Å². The average molecular weight is 237 g/mol. The highest BCUT2D eigenvalue weighted by Crippen LogP contribution is 2.35. The molecule has 2 atom stereocenters. The van der Waals surface area contributed by atoms with Gasteiger partial charge in [-0.3, -0.25) is 9.69 Å². The van der Waals surface area contributed by atoms with Crippen molar-refractivity contribution in [1.29, 1.82) is 0 Å². The van der Waals surface area contributed by atoms with Crippen molar-refractivity contribution in [3.8, 4) is 0 Å². The summed E-state index contributed by atoms with van der Waals surface area (Å²) in [5.74, 6) is -0.607. The molecular formula is C14H23NO2. The lowest BCUT2D eigenvalue weighted by Crippen LogP contribution is -2.50. The molecule has 0 radical (unpaired) electrons.